The van der Waals surface area contributed by atoms with E-state index in [9.17, 15) is 18.4 Å². The third-order valence-electron chi connectivity index (χ3n) is 2.74. The zero-order valence-corrected chi connectivity index (χ0v) is 10.8. The van der Waals surface area contributed by atoms with Crippen molar-refractivity contribution in [3.8, 4) is 5.75 Å². The standard InChI is InChI=1S/C15H11F2NO3/c16-9-5-6-10(12(17)7-9)13(19)8-21-14-4-2-1-3-11(14)15(18)20/h1-7H,8H2,(H2,18,20). The second kappa shape index (κ2) is 6.13. The molecule has 0 atom stereocenters. The minimum absolute atomic E-state index is 0.116. The van der Waals surface area contributed by atoms with E-state index in [1.807, 2.05) is 0 Å². The van der Waals surface area contributed by atoms with E-state index in [4.69, 9.17) is 10.5 Å². The van der Waals surface area contributed by atoms with Gasteiger partial charge in [-0.25, -0.2) is 8.78 Å². The van der Waals surface area contributed by atoms with Crippen LogP contribution in [-0.4, -0.2) is 18.3 Å². The number of benzene rings is 2. The van der Waals surface area contributed by atoms with Gasteiger partial charge in [-0.1, -0.05) is 12.1 Å². The summed E-state index contributed by atoms with van der Waals surface area (Å²) in [6, 6.07) is 8.74. The van der Waals surface area contributed by atoms with Crippen LogP contribution in [0.4, 0.5) is 8.78 Å². The number of halogens is 2. The maximum Gasteiger partial charge on any atom is 0.252 e. The molecule has 2 aromatic carbocycles. The fourth-order valence-electron chi connectivity index (χ4n) is 1.73. The van der Waals surface area contributed by atoms with Crippen LogP contribution in [0.3, 0.4) is 0 Å². The maximum absolute atomic E-state index is 13.4. The van der Waals surface area contributed by atoms with Crippen LogP contribution >= 0.6 is 0 Å². The van der Waals surface area contributed by atoms with Crippen molar-refractivity contribution in [1.82, 2.24) is 0 Å². The van der Waals surface area contributed by atoms with Crippen LogP contribution in [0.1, 0.15) is 20.7 Å². The Balaban J connectivity index is 2.13. The summed E-state index contributed by atoms with van der Waals surface area (Å²) in [6.45, 7) is -0.493. The molecule has 0 aromatic heterocycles. The van der Waals surface area contributed by atoms with Gasteiger partial charge in [0.15, 0.2) is 6.61 Å². The highest BCUT2D eigenvalue weighted by Gasteiger charge is 2.15. The Morgan fingerprint density at radius 1 is 1.05 bits per heavy atom. The lowest BCUT2D eigenvalue weighted by Crippen LogP contribution is -2.17. The monoisotopic (exact) mass is 291 g/mol. The second-order valence-electron chi connectivity index (χ2n) is 4.20. The smallest absolute Gasteiger partial charge is 0.252 e. The van der Waals surface area contributed by atoms with Crippen molar-refractivity contribution in [2.24, 2.45) is 5.73 Å². The highest BCUT2D eigenvalue weighted by atomic mass is 19.1. The molecule has 2 N–H and O–H groups in total. The average Bonchev–Trinajstić information content (AvgIpc) is 2.45. The van der Waals surface area contributed by atoms with Gasteiger partial charge in [0, 0.05) is 6.07 Å². The first kappa shape index (κ1) is 14.6. The summed E-state index contributed by atoms with van der Waals surface area (Å²) in [4.78, 5) is 23.0. The Labute approximate surface area is 119 Å². The summed E-state index contributed by atoms with van der Waals surface area (Å²) in [7, 11) is 0. The van der Waals surface area contributed by atoms with Gasteiger partial charge in [0.1, 0.15) is 17.4 Å². The lowest BCUT2D eigenvalue weighted by molar-refractivity contribution is 0.0908. The number of Topliss-reactive ketones (excluding diaryl/α,β-unsaturated/α-hetero) is 1. The van der Waals surface area contributed by atoms with Gasteiger partial charge in [-0.3, -0.25) is 9.59 Å². The number of amides is 1. The third-order valence-corrected chi connectivity index (χ3v) is 2.74. The minimum Gasteiger partial charge on any atom is -0.485 e. The Morgan fingerprint density at radius 3 is 2.43 bits per heavy atom. The first-order chi connectivity index (χ1) is 9.99. The van der Waals surface area contributed by atoms with Gasteiger partial charge in [0.05, 0.1) is 11.1 Å². The number of carbonyl (C=O) groups is 2. The Morgan fingerprint density at radius 2 is 1.76 bits per heavy atom. The predicted octanol–water partition coefficient (Wildman–Crippen LogP) is 2.33. The van der Waals surface area contributed by atoms with E-state index in [1.54, 1.807) is 12.1 Å². The summed E-state index contributed by atoms with van der Waals surface area (Å²) >= 11 is 0. The fraction of sp³-hybridized carbons (Fsp3) is 0.0667. The van der Waals surface area contributed by atoms with Gasteiger partial charge >= 0.3 is 0 Å². The predicted molar refractivity (Wildman–Crippen MR) is 71.1 cm³/mol. The number of nitrogens with two attached hydrogens (primary N) is 1. The van der Waals surface area contributed by atoms with Gasteiger partial charge in [-0.15, -0.1) is 0 Å². The molecule has 0 saturated heterocycles. The van der Waals surface area contributed by atoms with E-state index in [0.717, 1.165) is 12.1 Å². The molecule has 21 heavy (non-hydrogen) atoms. The largest absolute Gasteiger partial charge is 0.485 e. The van der Waals surface area contributed by atoms with Crippen molar-refractivity contribution in [1.29, 1.82) is 0 Å². The first-order valence-electron chi connectivity index (χ1n) is 5.99. The molecule has 0 saturated carbocycles. The molecule has 4 nitrogen and oxygen atoms in total. The quantitative estimate of drug-likeness (QED) is 0.859. The van der Waals surface area contributed by atoms with Crippen LogP contribution in [0.2, 0.25) is 0 Å². The summed E-state index contributed by atoms with van der Waals surface area (Å²) in [5, 5.41) is 0. The molecule has 0 aliphatic carbocycles. The zero-order chi connectivity index (χ0) is 15.4. The molecule has 0 heterocycles. The van der Waals surface area contributed by atoms with Gasteiger partial charge in [0.2, 0.25) is 5.78 Å². The topological polar surface area (TPSA) is 69.4 Å². The Hall–Kier alpha value is -2.76. The number of carbonyl (C=O) groups excluding carboxylic acids is 2. The van der Waals surface area contributed by atoms with Crippen molar-refractivity contribution in [2.45, 2.75) is 0 Å². The summed E-state index contributed by atoms with van der Waals surface area (Å²) in [5.74, 6) is -2.99. The van der Waals surface area contributed by atoms with E-state index >= 15 is 0 Å². The highest BCUT2D eigenvalue weighted by Crippen LogP contribution is 2.18. The van der Waals surface area contributed by atoms with Crippen molar-refractivity contribution in [3.63, 3.8) is 0 Å². The Kier molecular flexibility index (Phi) is 4.27. The molecule has 2 aromatic rings. The summed E-state index contributed by atoms with van der Waals surface area (Å²) < 4.78 is 31.4. The number of hydrogen-bond donors (Lipinski definition) is 1. The summed E-state index contributed by atoms with van der Waals surface area (Å²) in [5.41, 5.74) is 5.00. The second-order valence-corrected chi connectivity index (χ2v) is 4.20. The minimum atomic E-state index is -0.966. The normalized spacial score (nSPS) is 10.2. The molecule has 1 amide bonds. The van der Waals surface area contributed by atoms with Gasteiger partial charge in [-0.05, 0) is 24.3 Å². The fourth-order valence-corrected chi connectivity index (χ4v) is 1.73. The molecular weight excluding hydrogens is 280 g/mol. The van der Waals surface area contributed by atoms with Crippen LogP contribution in [0, 0.1) is 11.6 Å². The molecule has 0 unspecified atom stereocenters. The molecule has 6 heteroatoms. The molecule has 0 fully saturated rings. The molecule has 0 aliphatic rings. The number of para-hydroxylation sites is 1. The molecule has 108 valence electrons. The van der Waals surface area contributed by atoms with Crippen molar-refractivity contribution < 1.29 is 23.1 Å². The van der Waals surface area contributed by atoms with Crippen LogP contribution in [-0.2, 0) is 0 Å². The van der Waals surface area contributed by atoms with E-state index in [1.165, 1.54) is 12.1 Å². The molecule has 0 radical (unpaired) electrons. The van der Waals surface area contributed by atoms with E-state index in [2.05, 4.69) is 0 Å². The third kappa shape index (κ3) is 3.42. The van der Waals surface area contributed by atoms with Crippen molar-refractivity contribution in [2.75, 3.05) is 6.61 Å². The lowest BCUT2D eigenvalue weighted by atomic mass is 10.1. The van der Waals surface area contributed by atoms with Crippen LogP contribution in [0.5, 0.6) is 5.75 Å². The van der Waals surface area contributed by atoms with E-state index in [0.29, 0.717) is 6.07 Å². The van der Waals surface area contributed by atoms with Gasteiger partial charge < -0.3 is 10.5 Å². The lowest BCUT2D eigenvalue weighted by Gasteiger charge is -2.09. The number of ketones is 1. The zero-order valence-electron chi connectivity index (χ0n) is 10.8. The summed E-state index contributed by atoms with van der Waals surface area (Å²) in [6.07, 6.45) is 0. The van der Waals surface area contributed by atoms with E-state index < -0.39 is 29.9 Å². The van der Waals surface area contributed by atoms with Gasteiger partial charge in [0.25, 0.3) is 5.91 Å². The average molecular weight is 291 g/mol. The van der Waals surface area contributed by atoms with Crippen LogP contribution in [0.25, 0.3) is 0 Å². The van der Waals surface area contributed by atoms with Crippen molar-refractivity contribution in [3.05, 3.63) is 65.2 Å². The number of ether oxygens (including phenoxy) is 1. The first-order valence-corrected chi connectivity index (χ1v) is 5.99. The van der Waals surface area contributed by atoms with Crippen LogP contribution < -0.4 is 10.5 Å². The molecule has 0 spiro atoms. The Bertz CT molecular complexity index is 701. The number of rotatable bonds is 5. The SMILES string of the molecule is NC(=O)c1ccccc1OCC(=O)c1ccc(F)cc1F. The van der Waals surface area contributed by atoms with Crippen LogP contribution in [0.15, 0.2) is 42.5 Å². The van der Waals surface area contributed by atoms with Crippen molar-refractivity contribution >= 4 is 11.7 Å². The maximum atomic E-state index is 13.4. The number of primary amides is 1. The molecule has 0 aliphatic heterocycles. The number of hydrogen-bond acceptors (Lipinski definition) is 3. The van der Waals surface area contributed by atoms with Gasteiger partial charge in [-0.2, -0.15) is 0 Å². The molecule has 2 rings (SSSR count). The highest BCUT2D eigenvalue weighted by molar-refractivity contribution is 5.98. The molecular formula is C15H11F2NO3. The molecule has 0 bridgehead atoms. The van der Waals surface area contributed by atoms with E-state index in [-0.39, 0.29) is 16.9 Å².